The van der Waals surface area contributed by atoms with E-state index in [4.69, 9.17) is 4.74 Å². The summed E-state index contributed by atoms with van der Waals surface area (Å²) in [6.07, 6.45) is -0.410. The summed E-state index contributed by atoms with van der Waals surface area (Å²) in [7, 11) is 0. The van der Waals surface area contributed by atoms with E-state index in [0.717, 1.165) is 8.95 Å². The standard InChI is InChI=1S/C10H10Br2O2/c1-6(13)7(2)14-10-4-3-8(11)5-9(10)12/h3-5,7H,1-2H3. The predicted octanol–water partition coefficient (Wildman–Crippen LogP) is 3.57. The second kappa shape index (κ2) is 4.94. The number of hydrogen-bond acceptors (Lipinski definition) is 2. The highest BCUT2D eigenvalue weighted by atomic mass is 79.9. The maximum absolute atomic E-state index is 11.0. The molecule has 14 heavy (non-hydrogen) atoms. The maximum Gasteiger partial charge on any atom is 0.169 e. The SMILES string of the molecule is CC(=O)C(C)Oc1ccc(Br)cc1Br. The molecule has 0 amide bonds. The summed E-state index contributed by atoms with van der Waals surface area (Å²) in [6.45, 7) is 3.24. The summed E-state index contributed by atoms with van der Waals surface area (Å²) in [5.74, 6) is 0.690. The van der Waals surface area contributed by atoms with Crippen LogP contribution in [0.4, 0.5) is 0 Å². The molecule has 0 aromatic heterocycles. The van der Waals surface area contributed by atoms with E-state index in [1.165, 1.54) is 6.92 Å². The number of rotatable bonds is 3. The Bertz CT molecular complexity index is 350. The molecule has 0 fully saturated rings. The highest BCUT2D eigenvalue weighted by Gasteiger charge is 2.11. The van der Waals surface area contributed by atoms with E-state index in [2.05, 4.69) is 31.9 Å². The van der Waals surface area contributed by atoms with Gasteiger partial charge in [-0.1, -0.05) is 15.9 Å². The van der Waals surface area contributed by atoms with E-state index < -0.39 is 6.10 Å². The summed E-state index contributed by atoms with van der Waals surface area (Å²) in [5.41, 5.74) is 0. The fourth-order valence-corrected chi connectivity index (χ4v) is 1.98. The molecule has 4 heteroatoms. The highest BCUT2D eigenvalue weighted by Crippen LogP contribution is 2.28. The number of ketones is 1. The lowest BCUT2D eigenvalue weighted by Gasteiger charge is -2.12. The summed E-state index contributed by atoms with van der Waals surface area (Å²) < 4.78 is 7.24. The van der Waals surface area contributed by atoms with Gasteiger partial charge in [-0.2, -0.15) is 0 Å². The number of benzene rings is 1. The molecule has 1 aromatic rings. The Morgan fingerprint density at radius 3 is 2.57 bits per heavy atom. The smallest absolute Gasteiger partial charge is 0.169 e. The van der Waals surface area contributed by atoms with E-state index in [0.29, 0.717) is 5.75 Å². The van der Waals surface area contributed by atoms with E-state index >= 15 is 0 Å². The van der Waals surface area contributed by atoms with Crippen LogP contribution in [-0.4, -0.2) is 11.9 Å². The summed E-state index contributed by atoms with van der Waals surface area (Å²) >= 11 is 6.70. The first-order chi connectivity index (χ1) is 6.50. The molecule has 2 nitrogen and oxygen atoms in total. The zero-order valence-electron chi connectivity index (χ0n) is 7.88. The number of carbonyl (C=O) groups excluding carboxylic acids is 1. The highest BCUT2D eigenvalue weighted by molar-refractivity contribution is 9.11. The van der Waals surface area contributed by atoms with Crippen LogP contribution in [0.25, 0.3) is 0 Å². The van der Waals surface area contributed by atoms with Crippen molar-refractivity contribution in [1.29, 1.82) is 0 Å². The first-order valence-corrected chi connectivity index (χ1v) is 5.71. The molecule has 1 atom stereocenters. The minimum atomic E-state index is -0.410. The van der Waals surface area contributed by atoms with Gasteiger partial charge >= 0.3 is 0 Å². The van der Waals surface area contributed by atoms with Crippen molar-refractivity contribution in [2.45, 2.75) is 20.0 Å². The number of carbonyl (C=O) groups is 1. The fraction of sp³-hybridized carbons (Fsp3) is 0.300. The molecule has 76 valence electrons. The zero-order chi connectivity index (χ0) is 10.7. The third-order valence-electron chi connectivity index (χ3n) is 1.77. The third-order valence-corrected chi connectivity index (χ3v) is 2.88. The normalized spacial score (nSPS) is 12.3. The maximum atomic E-state index is 11.0. The van der Waals surface area contributed by atoms with Crippen LogP contribution in [0.15, 0.2) is 27.1 Å². The number of Topliss-reactive ketones (excluding diaryl/α,β-unsaturated/α-hetero) is 1. The molecule has 0 bridgehead atoms. The first kappa shape index (κ1) is 11.7. The van der Waals surface area contributed by atoms with Crippen molar-refractivity contribution in [2.24, 2.45) is 0 Å². The largest absolute Gasteiger partial charge is 0.482 e. The van der Waals surface area contributed by atoms with Crippen molar-refractivity contribution in [1.82, 2.24) is 0 Å². The van der Waals surface area contributed by atoms with Gasteiger partial charge in [-0.05, 0) is 48.0 Å². The van der Waals surface area contributed by atoms with Crippen LogP contribution in [-0.2, 0) is 4.79 Å². The Balaban J connectivity index is 2.82. The number of hydrogen-bond donors (Lipinski definition) is 0. The van der Waals surface area contributed by atoms with Gasteiger partial charge in [-0.3, -0.25) is 4.79 Å². The Morgan fingerprint density at radius 2 is 2.07 bits per heavy atom. The fourth-order valence-electron chi connectivity index (χ4n) is 0.844. The van der Waals surface area contributed by atoms with Gasteiger partial charge in [0.2, 0.25) is 0 Å². The Hall–Kier alpha value is -0.350. The second-order valence-corrected chi connectivity index (χ2v) is 4.72. The van der Waals surface area contributed by atoms with Gasteiger partial charge < -0.3 is 4.74 Å². The van der Waals surface area contributed by atoms with Crippen LogP contribution >= 0.6 is 31.9 Å². The second-order valence-electron chi connectivity index (χ2n) is 2.95. The van der Waals surface area contributed by atoms with Crippen LogP contribution in [0.2, 0.25) is 0 Å². The zero-order valence-corrected chi connectivity index (χ0v) is 11.1. The minimum Gasteiger partial charge on any atom is -0.482 e. The molecule has 1 unspecified atom stereocenters. The molecule has 0 spiro atoms. The van der Waals surface area contributed by atoms with Crippen LogP contribution in [0.3, 0.4) is 0 Å². The average molecular weight is 322 g/mol. The van der Waals surface area contributed by atoms with Crippen molar-refractivity contribution in [2.75, 3.05) is 0 Å². The van der Waals surface area contributed by atoms with Gasteiger partial charge in [0.1, 0.15) is 5.75 Å². The van der Waals surface area contributed by atoms with Gasteiger partial charge in [0.25, 0.3) is 0 Å². The molecular weight excluding hydrogens is 312 g/mol. The van der Waals surface area contributed by atoms with E-state index in [9.17, 15) is 4.79 Å². The first-order valence-electron chi connectivity index (χ1n) is 4.13. The lowest BCUT2D eigenvalue weighted by molar-refractivity contribution is -0.122. The quantitative estimate of drug-likeness (QED) is 0.850. The van der Waals surface area contributed by atoms with Crippen molar-refractivity contribution in [3.05, 3.63) is 27.1 Å². The topological polar surface area (TPSA) is 26.3 Å². The van der Waals surface area contributed by atoms with Gasteiger partial charge in [-0.25, -0.2) is 0 Å². The molecule has 0 aliphatic heterocycles. The van der Waals surface area contributed by atoms with Gasteiger partial charge in [0.05, 0.1) is 4.47 Å². The van der Waals surface area contributed by atoms with E-state index in [1.54, 1.807) is 6.92 Å². The molecule has 0 saturated heterocycles. The molecule has 0 N–H and O–H groups in total. The van der Waals surface area contributed by atoms with Crippen molar-refractivity contribution >= 4 is 37.6 Å². The van der Waals surface area contributed by atoms with Gasteiger partial charge in [0, 0.05) is 4.47 Å². The number of ether oxygens (including phenoxy) is 1. The molecule has 0 aliphatic rings. The Morgan fingerprint density at radius 1 is 1.43 bits per heavy atom. The lowest BCUT2D eigenvalue weighted by Crippen LogP contribution is -2.20. The van der Waals surface area contributed by atoms with Crippen molar-refractivity contribution in [3.8, 4) is 5.75 Å². The minimum absolute atomic E-state index is 0.0137. The van der Waals surface area contributed by atoms with Gasteiger partial charge in [0.15, 0.2) is 11.9 Å². The van der Waals surface area contributed by atoms with Crippen LogP contribution < -0.4 is 4.74 Å². The molecular formula is C10H10Br2O2. The molecule has 0 aliphatic carbocycles. The van der Waals surface area contributed by atoms with E-state index in [-0.39, 0.29) is 5.78 Å². The van der Waals surface area contributed by atoms with Crippen LogP contribution in [0.1, 0.15) is 13.8 Å². The molecule has 1 aromatic carbocycles. The molecule has 1 rings (SSSR count). The third kappa shape index (κ3) is 3.10. The van der Waals surface area contributed by atoms with Crippen molar-refractivity contribution < 1.29 is 9.53 Å². The summed E-state index contributed by atoms with van der Waals surface area (Å²) in [4.78, 5) is 11.0. The summed E-state index contributed by atoms with van der Waals surface area (Å²) in [6, 6.07) is 5.56. The summed E-state index contributed by atoms with van der Waals surface area (Å²) in [5, 5.41) is 0. The Labute approximate surface area is 99.9 Å². The monoisotopic (exact) mass is 320 g/mol. The lowest BCUT2D eigenvalue weighted by atomic mass is 10.3. The average Bonchev–Trinajstić information content (AvgIpc) is 2.09. The van der Waals surface area contributed by atoms with Crippen molar-refractivity contribution in [3.63, 3.8) is 0 Å². The van der Waals surface area contributed by atoms with E-state index in [1.807, 2.05) is 18.2 Å². The Kier molecular flexibility index (Phi) is 4.13. The predicted molar refractivity (Wildman–Crippen MR) is 62.6 cm³/mol. The molecule has 0 heterocycles. The van der Waals surface area contributed by atoms with Crippen LogP contribution in [0, 0.1) is 0 Å². The molecule has 0 saturated carbocycles. The van der Waals surface area contributed by atoms with Crippen LogP contribution in [0.5, 0.6) is 5.75 Å². The number of halogens is 2. The van der Waals surface area contributed by atoms with Gasteiger partial charge in [-0.15, -0.1) is 0 Å². The molecule has 0 radical (unpaired) electrons.